The minimum absolute atomic E-state index is 0.00250. The summed E-state index contributed by atoms with van der Waals surface area (Å²) in [6.07, 6.45) is 2.37. The number of esters is 1. The number of hydrogen-bond acceptors (Lipinski definition) is 4. The lowest BCUT2D eigenvalue weighted by atomic mass is 10.0. The zero-order chi connectivity index (χ0) is 16.6. The number of benzene rings is 1. The van der Waals surface area contributed by atoms with Crippen molar-refractivity contribution in [2.24, 2.45) is 0 Å². The summed E-state index contributed by atoms with van der Waals surface area (Å²) in [5.74, 6) is -0.852. The molecule has 1 aliphatic carbocycles. The number of anilines is 1. The summed E-state index contributed by atoms with van der Waals surface area (Å²) in [7, 11) is 0. The topological polar surface area (TPSA) is 65.2 Å². The minimum atomic E-state index is -0.734. The second-order valence-electron chi connectivity index (χ2n) is 5.47. The molecule has 1 aromatic carbocycles. The number of aromatic nitrogens is 1. The molecule has 120 valence electrons. The molecule has 1 aliphatic rings. The first-order chi connectivity index (χ1) is 11.0. The largest absolute Gasteiger partial charge is 0.461 e. The number of halogens is 2. The van der Waals surface area contributed by atoms with Gasteiger partial charge in [-0.3, -0.25) is 0 Å². The van der Waals surface area contributed by atoms with Gasteiger partial charge in [-0.25, -0.2) is 14.2 Å². The molecule has 3 rings (SSSR count). The molecule has 1 heterocycles. The van der Waals surface area contributed by atoms with Crippen molar-refractivity contribution in [3.63, 3.8) is 0 Å². The Kier molecular flexibility index (Phi) is 4.22. The van der Waals surface area contributed by atoms with Crippen molar-refractivity contribution >= 4 is 23.3 Å². The van der Waals surface area contributed by atoms with Crippen LogP contribution in [0.2, 0.25) is 5.02 Å². The van der Waals surface area contributed by atoms with E-state index in [-0.39, 0.29) is 28.7 Å². The van der Waals surface area contributed by atoms with Crippen molar-refractivity contribution in [1.29, 1.82) is 0 Å². The van der Waals surface area contributed by atoms with E-state index >= 15 is 0 Å². The third-order valence-corrected chi connectivity index (χ3v) is 4.20. The molecule has 1 saturated carbocycles. The van der Waals surface area contributed by atoms with Crippen LogP contribution in [0, 0.1) is 5.82 Å². The maximum atomic E-state index is 14.4. The molecule has 1 fully saturated rings. The number of pyridine rings is 1. The monoisotopic (exact) mass is 334 g/mol. The van der Waals surface area contributed by atoms with Gasteiger partial charge in [0.2, 0.25) is 0 Å². The molecule has 0 unspecified atom stereocenters. The van der Waals surface area contributed by atoms with Crippen LogP contribution in [0.25, 0.3) is 11.3 Å². The highest BCUT2D eigenvalue weighted by Crippen LogP contribution is 2.41. The van der Waals surface area contributed by atoms with Crippen molar-refractivity contribution in [2.75, 3.05) is 12.3 Å². The first kappa shape index (κ1) is 15.7. The summed E-state index contributed by atoms with van der Waals surface area (Å²) in [4.78, 5) is 16.0. The molecular formula is C17H16ClFN2O2. The van der Waals surface area contributed by atoms with Crippen molar-refractivity contribution in [2.45, 2.75) is 25.7 Å². The van der Waals surface area contributed by atoms with Gasteiger partial charge in [-0.2, -0.15) is 0 Å². The molecule has 0 spiro atoms. The molecule has 0 bridgehead atoms. The Balaban J connectivity index is 2.05. The summed E-state index contributed by atoms with van der Waals surface area (Å²) in [6, 6.07) is 7.45. The van der Waals surface area contributed by atoms with Crippen LogP contribution >= 0.6 is 11.6 Å². The number of nitrogens with two attached hydrogens (primary N) is 1. The lowest BCUT2D eigenvalue weighted by molar-refractivity contribution is 0.0520. The summed E-state index contributed by atoms with van der Waals surface area (Å²) < 4.78 is 19.3. The number of carbonyl (C=O) groups excluding carboxylic acids is 1. The maximum absolute atomic E-state index is 14.4. The van der Waals surface area contributed by atoms with Crippen molar-refractivity contribution in [3.8, 4) is 11.3 Å². The van der Waals surface area contributed by atoms with Gasteiger partial charge < -0.3 is 10.5 Å². The Morgan fingerprint density at radius 2 is 2.04 bits per heavy atom. The van der Waals surface area contributed by atoms with Gasteiger partial charge in [-0.05, 0) is 31.2 Å². The number of nitrogens with zero attached hydrogens (tertiary/aromatic N) is 1. The second kappa shape index (κ2) is 6.16. The standard InChI is InChI=1S/C17H16ClFN2O2/c1-2-23-17(22)16-12(18)14(20)13(19)15(21-16)11-7-5-10(6-8-11)9-3-4-9/h5-9H,2-4H2,1H3,(H2,20,21). The molecule has 2 aromatic rings. The number of nitrogen functional groups attached to an aromatic ring is 1. The molecule has 4 nitrogen and oxygen atoms in total. The van der Waals surface area contributed by atoms with Gasteiger partial charge in [0.05, 0.1) is 17.3 Å². The van der Waals surface area contributed by atoms with Crippen molar-refractivity contribution in [1.82, 2.24) is 4.98 Å². The average molecular weight is 335 g/mol. The Morgan fingerprint density at radius 3 is 2.61 bits per heavy atom. The molecule has 1 aromatic heterocycles. The molecule has 0 amide bonds. The van der Waals surface area contributed by atoms with E-state index in [4.69, 9.17) is 22.1 Å². The molecule has 2 N–H and O–H groups in total. The van der Waals surface area contributed by atoms with Gasteiger partial charge in [0.1, 0.15) is 5.69 Å². The lowest BCUT2D eigenvalue weighted by Crippen LogP contribution is -2.12. The SMILES string of the molecule is CCOC(=O)c1nc(-c2ccc(C3CC3)cc2)c(F)c(N)c1Cl. The fraction of sp³-hybridized carbons (Fsp3) is 0.294. The zero-order valence-electron chi connectivity index (χ0n) is 12.6. The van der Waals surface area contributed by atoms with Gasteiger partial charge in [-0.15, -0.1) is 0 Å². The van der Waals surface area contributed by atoms with Gasteiger partial charge in [0.15, 0.2) is 11.5 Å². The normalized spacial score (nSPS) is 13.9. The van der Waals surface area contributed by atoms with Crippen LogP contribution in [0.5, 0.6) is 0 Å². The second-order valence-corrected chi connectivity index (χ2v) is 5.85. The van der Waals surface area contributed by atoms with E-state index in [1.807, 2.05) is 12.1 Å². The predicted octanol–water partition coefficient (Wildman–Crippen LogP) is 4.18. The van der Waals surface area contributed by atoms with Crippen LogP contribution in [0.15, 0.2) is 24.3 Å². The highest BCUT2D eigenvalue weighted by atomic mass is 35.5. The van der Waals surface area contributed by atoms with E-state index in [0.29, 0.717) is 11.5 Å². The first-order valence-corrected chi connectivity index (χ1v) is 7.82. The molecule has 0 atom stereocenters. The van der Waals surface area contributed by atoms with Crippen LogP contribution in [-0.2, 0) is 4.74 Å². The van der Waals surface area contributed by atoms with Crippen LogP contribution in [0.1, 0.15) is 41.7 Å². The molecule has 0 radical (unpaired) electrons. The number of carbonyl (C=O) groups is 1. The van der Waals surface area contributed by atoms with Gasteiger partial charge in [0, 0.05) is 5.56 Å². The predicted molar refractivity (Wildman–Crippen MR) is 87.0 cm³/mol. The van der Waals surface area contributed by atoms with Gasteiger partial charge >= 0.3 is 5.97 Å². The summed E-state index contributed by atoms with van der Waals surface area (Å²) in [5.41, 5.74) is 6.98. The van der Waals surface area contributed by atoms with E-state index in [0.717, 1.165) is 0 Å². The Morgan fingerprint density at radius 1 is 1.39 bits per heavy atom. The van der Waals surface area contributed by atoms with Crippen molar-refractivity contribution in [3.05, 3.63) is 46.4 Å². The fourth-order valence-electron chi connectivity index (χ4n) is 2.42. The average Bonchev–Trinajstić information content (AvgIpc) is 3.38. The smallest absolute Gasteiger partial charge is 0.358 e. The Bertz CT molecular complexity index is 758. The van der Waals surface area contributed by atoms with Gasteiger partial charge in [-0.1, -0.05) is 35.9 Å². The number of ether oxygens (including phenoxy) is 1. The minimum Gasteiger partial charge on any atom is -0.461 e. The molecule has 6 heteroatoms. The molecule has 0 saturated heterocycles. The third-order valence-electron chi connectivity index (χ3n) is 3.81. The lowest BCUT2D eigenvalue weighted by Gasteiger charge is -2.11. The van der Waals surface area contributed by atoms with E-state index < -0.39 is 11.8 Å². The van der Waals surface area contributed by atoms with Crippen molar-refractivity contribution < 1.29 is 13.9 Å². The van der Waals surface area contributed by atoms with E-state index in [1.165, 1.54) is 18.4 Å². The highest BCUT2D eigenvalue weighted by molar-refractivity contribution is 6.35. The summed E-state index contributed by atoms with van der Waals surface area (Å²) in [5, 5.41) is -0.223. The Labute approximate surface area is 138 Å². The first-order valence-electron chi connectivity index (χ1n) is 7.44. The third kappa shape index (κ3) is 3.01. The van der Waals surface area contributed by atoms with Crippen LogP contribution in [-0.4, -0.2) is 17.6 Å². The quantitative estimate of drug-likeness (QED) is 0.852. The summed E-state index contributed by atoms with van der Waals surface area (Å²) in [6.45, 7) is 1.83. The van der Waals surface area contributed by atoms with Crippen LogP contribution in [0.3, 0.4) is 0 Å². The highest BCUT2D eigenvalue weighted by Gasteiger charge is 2.25. The fourth-order valence-corrected chi connectivity index (χ4v) is 2.62. The van der Waals surface area contributed by atoms with Crippen LogP contribution < -0.4 is 5.73 Å². The van der Waals surface area contributed by atoms with Crippen LogP contribution in [0.4, 0.5) is 10.1 Å². The summed E-state index contributed by atoms with van der Waals surface area (Å²) >= 11 is 5.94. The maximum Gasteiger partial charge on any atom is 0.358 e. The molecule has 23 heavy (non-hydrogen) atoms. The number of hydrogen-bond donors (Lipinski definition) is 1. The van der Waals surface area contributed by atoms with E-state index in [1.54, 1.807) is 19.1 Å². The van der Waals surface area contributed by atoms with E-state index in [2.05, 4.69) is 4.98 Å². The molecular weight excluding hydrogens is 319 g/mol. The molecule has 0 aliphatic heterocycles. The zero-order valence-corrected chi connectivity index (χ0v) is 13.4. The Hall–Kier alpha value is -2.14. The van der Waals surface area contributed by atoms with E-state index in [9.17, 15) is 9.18 Å². The van der Waals surface area contributed by atoms with Gasteiger partial charge in [0.25, 0.3) is 0 Å². The number of rotatable bonds is 4.